The number of pyridine rings is 3. The van der Waals surface area contributed by atoms with E-state index < -0.39 is 11.4 Å². The molecule has 0 aromatic carbocycles. The van der Waals surface area contributed by atoms with Crippen LogP contribution in [-0.2, 0) is 22.6 Å². The van der Waals surface area contributed by atoms with Gasteiger partial charge >= 0.3 is 0 Å². The first-order valence-corrected chi connectivity index (χ1v) is 9.40. The molecule has 0 spiro atoms. The fourth-order valence-electron chi connectivity index (χ4n) is 2.93. The first kappa shape index (κ1) is 18.3. The molecule has 0 fully saturated rings. The Morgan fingerprint density at radius 1 is 1.11 bits per heavy atom. The zero-order chi connectivity index (χ0) is 19.5. The minimum Gasteiger partial charge on any atom is -0.750 e. The largest absolute Gasteiger partial charge is 0.750 e. The summed E-state index contributed by atoms with van der Waals surface area (Å²) in [5.74, 6) is 1.54. The van der Waals surface area contributed by atoms with Gasteiger partial charge in [-0.25, -0.2) is 9.19 Å². The van der Waals surface area contributed by atoms with Crippen LogP contribution in [0.2, 0.25) is 0 Å². The van der Waals surface area contributed by atoms with Crippen LogP contribution in [0.4, 0.5) is 11.6 Å². The maximum Gasteiger partial charge on any atom is 0.215 e. The molecule has 28 heavy (non-hydrogen) atoms. The number of anilines is 2. The van der Waals surface area contributed by atoms with Gasteiger partial charge in [0.1, 0.15) is 23.9 Å². The molecule has 0 saturated heterocycles. The Morgan fingerprint density at radius 3 is 2.82 bits per heavy atom. The molecule has 0 aliphatic heterocycles. The third-order valence-corrected chi connectivity index (χ3v) is 4.49. The fraction of sp³-hybridized carbons (Fsp3) is 0.167. The van der Waals surface area contributed by atoms with E-state index in [0.717, 1.165) is 21.9 Å². The highest BCUT2D eigenvalue weighted by Gasteiger charge is 2.10. The first-order valence-electron chi connectivity index (χ1n) is 8.40. The van der Waals surface area contributed by atoms with Gasteiger partial charge in [-0.15, -0.1) is 0 Å². The maximum atomic E-state index is 10.3. The van der Waals surface area contributed by atoms with Crippen molar-refractivity contribution in [2.75, 3.05) is 18.5 Å². The third-order valence-electron chi connectivity index (χ3n) is 4.13. The van der Waals surface area contributed by atoms with Crippen molar-refractivity contribution in [3.05, 3.63) is 48.8 Å². The third kappa shape index (κ3) is 3.79. The number of aromatic nitrogens is 4. The minimum atomic E-state index is -2.55. The molecule has 0 bridgehead atoms. The fourth-order valence-corrected chi connectivity index (χ4v) is 3.13. The van der Waals surface area contributed by atoms with Gasteiger partial charge in [0.2, 0.25) is 5.88 Å². The number of rotatable bonds is 7. The van der Waals surface area contributed by atoms with Gasteiger partial charge in [-0.05, 0) is 24.3 Å². The summed E-state index contributed by atoms with van der Waals surface area (Å²) in [6.07, 6.45) is 3.59. The van der Waals surface area contributed by atoms with Gasteiger partial charge in [0.05, 0.1) is 23.5 Å². The summed E-state index contributed by atoms with van der Waals surface area (Å²) in [5.41, 5.74) is 1.90. The van der Waals surface area contributed by atoms with E-state index in [0.29, 0.717) is 17.5 Å². The molecular formula is C18H16N5O4S-. The van der Waals surface area contributed by atoms with Crippen LogP contribution < -0.4 is 10.1 Å². The Hall–Kier alpha value is -3.08. The van der Waals surface area contributed by atoms with Crippen LogP contribution in [0.5, 0.6) is 5.88 Å². The average molecular weight is 398 g/mol. The van der Waals surface area contributed by atoms with Crippen molar-refractivity contribution in [1.29, 1.82) is 0 Å². The lowest BCUT2D eigenvalue weighted by Crippen LogP contribution is -2.09. The topological polar surface area (TPSA) is 114 Å². The minimum absolute atomic E-state index is 0.0681. The molecule has 4 aromatic rings. The van der Waals surface area contributed by atoms with Crippen LogP contribution in [-0.4, -0.2) is 41.5 Å². The Morgan fingerprint density at radius 2 is 1.96 bits per heavy atom. The molecule has 1 unspecified atom stereocenters. The van der Waals surface area contributed by atoms with E-state index in [4.69, 9.17) is 4.74 Å². The van der Waals surface area contributed by atoms with Crippen molar-refractivity contribution >= 4 is 44.9 Å². The molecule has 4 aromatic heterocycles. The van der Waals surface area contributed by atoms with Gasteiger partial charge in [0, 0.05) is 36.3 Å². The lowest BCUT2D eigenvalue weighted by atomic mass is 10.2. The zero-order valence-corrected chi connectivity index (χ0v) is 15.7. The van der Waals surface area contributed by atoms with Crippen molar-refractivity contribution in [3.63, 3.8) is 0 Å². The molecule has 1 N–H and O–H groups in total. The summed E-state index contributed by atoms with van der Waals surface area (Å²) < 4.78 is 32.5. The van der Waals surface area contributed by atoms with E-state index in [1.165, 1.54) is 0 Å². The van der Waals surface area contributed by atoms with Crippen molar-refractivity contribution in [2.24, 2.45) is 7.05 Å². The quantitative estimate of drug-likeness (QED) is 0.373. The average Bonchev–Trinajstić information content (AvgIpc) is 2.98. The van der Waals surface area contributed by atoms with E-state index >= 15 is 0 Å². The molecule has 0 saturated carbocycles. The smallest absolute Gasteiger partial charge is 0.215 e. The SMILES string of the molecule is Cn1c2ccncc2c2ccc(Nc3cccc(OCCOS(=O)[O-])n3)nc21. The number of nitrogens with zero attached hydrogens (tertiary/aromatic N) is 4. The highest BCUT2D eigenvalue weighted by atomic mass is 32.2. The Balaban J connectivity index is 1.53. The molecule has 0 aliphatic rings. The van der Waals surface area contributed by atoms with Crippen molar-refractivity contribution < 1.29 is 17.7 Å². The summed E-state index contributed by atoms with van der Waals surface area (Å²) >= 11 is -2.55. The molecule has 144 valence electrons. The Bertz CT molecular complexity index is 1160. The van der Waals surface area contributed by atoms with Crippen LogP contribution >= 0.6 is 0 Å². The molecule has 4 heterocycles. The molecule has 0 amide bonds. The number of hydrogen-bond donors (Lipinski definition) is 1. The van der Waals surface area contributed by atoms with Crippen molar-refractivity contribution in [2.45, 2.75) is 0 Å². The number of ether oxygens (including phenoxy) is 1. The highest BCUT2D eigenvalue weighted by molar-refractivity contribution is 7.74. The monoisotopic (exact) mass is 398 g/mol. The summed E-state index contributed by atoms with van der Waals surface area (Å²) in [4.78, 5) is 13.2. The van der Waals surface area contributed by atoms with Crippen molar-refractivity contribution in [3.8, 4) is 5.88 Å². The normalized spacial score (nSPS) is 12.4. The number of aryl methyl sites for hydroxylation is 1. The predicted molar refractivity (Wildman–Crippen MR) is 104 cm³/mol. The summed E-state index contributed by atoms with van der Waals surface area (Å²) in [5, 5.41) is 5.23. The van der Waals surface area contributed by atoms with Crippen LogP contribution in [0.3, 0.4) is 0 Å². The van der Waals surface area contributed by atoms with Gasteiger partial charge in [0.25, 0.3) is 0 Å². The second-order valence-corrected chi connectivity index (χ2v) is 6.52. The van der Waals surface area contributed by atoms with E-state index in [1.807, 2.05) is 36.0 Å². The predicted octanol–water partition coefficient (Wildman–Crippen LogP) is 2.45. The molecular weight excluding hydrogens is 382 g/mol. The molecule has 10 heteroatoms. The highest BCUT2D eigenvalue weighted by Crippen LogP contribution is 2.27. The van der Waals surface area contributed by atoms with Crippen LogP contribution in [0.1, 0.15) is 0 Å². The molecule has 0 radical (unpaired) electrons. The van der Waals surface area contributed by atoms with Gasteiger partial charge in [-0.1, -0.05) is 6.07 Å². The lowest BCUT2D eigenvalue weighted by Gasteiger charge is -2.09. The standard InChI is InChI=1S/C18H17N5O4S/c1-23-14-7-8-19-11-13(14)12-5-6-16(22-18(12)23)20-15-3-2-4-17(21-15)26-9-10-27-28(24)25/h2-8,11H,9-10H2,1H3,(H,24,25)(H,20,21,22)/p-1. The summed E-state index contributed by atoms with van der Waals surface area (Å²) in [6, 6.07) is 11.1. The lowest BCUT2D eigenvalue weighted by molar-refractivity contribution is 0.211. The summed E-state index contributed by atoms with van der Waals surface area (Å²) in [7, 11) is 1.96. The van der Waals surface area contributed by atoms with Gasteiger partial charge in [-0.3, -0.25) is 9.17 Å². The molecule has 9 nitrogen and oxygen atoms in total. The molecule has 1 atom stereocenters. The van der Waals surface area contributed by atoms with Gasteiger partial charge < -0.3 is 19.2 Å². The zero-order valence-electron chi connectivity index (χ0n) is 14.9. The second-order valence-electron chi connectivity index (χ2n) is 5.88. The van der Waals surface area contributed by atoms with Crippen LogP contribution in [0.25, 0.3) is 21.9 Å². The first-order chi connectivity index (χ1) is 13.6. The van der Waals surface area contributed by atoms with E-state index in [-0.39, 0.29) is 13.2 Å². The van der Waals surface area contributed by atoms with E-state index in [1.54, 1.807) is 24.4 Å². The molecule has 4 rings (SSSR count). The van der Waals surface area contributed by atoms with Gasteiger partial charge in [0.15, 0.2) is 0 Å². The number of fused-ring (bicyclic) bond motifs is 3. The second kappa shape index (κ2) is 7.89. The van der Waals surface area contributed by atoms with E-state index in [2.05, 4.69) is 24.5 Å². The molecule has 0 aliphatic carbocycles. The van der Waals surface area contributed by atoms with Crippen molar-refractivity contribution in [1.82, 2.24) is 19.5 Å². The Kier molecular flexibility index (Phi) is 5.15. The number of hydrogen-bond acceptors (Lipinski definition) is 8. The Labute approximate surface area is 162 Å². The number of nitrogens with one attached hydrogen (secondary N) is 1. The van der Waals surface area contributed by atoms with E-state index in [9.17, 15) is 8.76 Å². The van der Waals surface area contributed by atoms with Crippen LogP contribution in [0, 0.1) is 0 Å². The summed E-state index contributed by atoms with van der Waals surface area (Å²) in [6.45, 7) is -0.0117. The van der Waals surface area contributed by atoms with Crippen LogP contribution in [0.15, 0.2) is 48.8 Å². The van der Waals surface area contributed by atoms with Gasteiger partial charge in [-0.2, -0.15) is 4.98 Å². The maximum absolute atomic E-state index is 10.3.